The zero-order valence-corrected chi connectivity index (χ0v) is 15.3. The molecule has 0 fully saturated rings. The van der Waals surface area contributed by atoms with Crippen molar-refractivity contribution < 1.29 is 9.47 Å². The zero-order chi connectivity index (χ0) is 19.9. The summed E-state index contributed by atoms with van der Waals surface area (Å²) in [5.74, 6) is 0.939. The Bertz CT molecular complexity index is 1040. The lowest BCUT2D eigenvalue weighted by molar-refractivity contribution is 0.328. The van der Waals surface area contributed by atoms with E-state index in [0.717, 1.165) is 5.56 Å². The Hall–Kier alpha value is -4.05. The molecule has 2 aromatic carbocycles. The fraction of sp³-hybridized carbons (Fsp3) is 0.0952. The minimum atomic E-state index is -0.0238. The van der Waals surface area contributed by atoms with Crippen LogP contribution in [0.15, 0.2) is 54.6 Å². The van der Waals surface area contributed by atoms with E-state index in [1.807, 2.05) is 48.6 Å². The quantitative estimate of drug-likeness (QED) is 0.680. The highest BCUT2D eigenvalue weighted by atomic mass is 16.5. The SMILES string of the molecule is COc1cccc(-c2nc(N)nc(N)c2C#N)c1OCC=Cc1ccccc1. The van der Waals surface area contributed by atoms with Crippen LogP contribution in [0.25, 0.3) is 17.3 Å². The van der Waals surface area contributed by atoms with Crippen molar-refractivity contribution in [3.05, 3.63) is 65.7 Å². The first-order valence-electron chi connectivity index (χ1n) is 8.49. The summed E-state index contributed by atoms with van der Waals surface area (Å²) in [7, 11) is 1.54. The molecule has 7 heteroatoms. The maximum absolute atomic E-state index is 9.47. The van der Waals surface area contributed by atoms with Gasteiger partial charge < -0.3 is 20.9 Å². The van der Waals surface area contributed by atoms with Crippen LogP contribution in [0.5, 0.6) is 11.5 Å². The van der Waals surface area contributed by atoms with Crippen molar-refractivity contribution in [1.29, 1.82) is 5.26 Å². The molecule has 3 rings (SSSR count). The second kappa shape index (κ2) is 8.56. The van der Waals surface area contributed by atoms with Crippen LogP contribution in [0.3, 0.4) is 0 Å². The molecular weight excluding hydrogens is 354 g/mol. The Morgan fingerprint density at radius 3 is 2.57 bits per heavy atom. The van der Waals surface area contributed by atoms with Crippen LogP contribution in [-0.4, -0.2) is 23.7 Å². The summed E-state index contributed by atoms with van der Waals surface area (Å²) >= 11 is 0. The second-order valence-corrected chi connectivity index (χ2v) is 5.76. The molecule has 28 heavy (non-hydrogen) atoms. The van der Waals surface area contributed by atoms with Gasteiger partial charge in [-0.25, -0.2) is 4.98 Å². The number of anilines is 2. The maximum atomic E-state index is 9.47. The van der Waals surface area contributed by atoms with Gasteiger partial charge in [0.2, 0.25) is 5.95 Å². The molecule has 0 unspecified atom stereocenters. The van der Waals surface area contributed by atoms with Crippen LogP contribution < -0.4 is 20.9 Å². The third-order valence-corrected chi connectivity index (χ3v) is 3.95. The Morgan fingerprint density at radius 1 is 1.07 bits per heavy atom. The van der Waals surface area contributed by atoms with E-state index in [4.69, 9.17) is 20.9 Å². The monoisotopic (exact) mass is 373 g/mol. The predicted molar refractivity (Wildman–Crippen MR) is 109 cm³/mol. The van der Waals surface area contributed by atoms with E-state index in [0.29, 0.717) is 29.4 Å². The molecule has 3 aromatic rings. The molecule has 0 aliphatic carbocycles. The summed E-state index contributed by atoms with van der Waals surface area (Å²) in [5, 5.41) is 9.47. The van der Waals surface area contributed by atoms with E-state index < -0.39 is 0 Å². The first-order valence-corrected chi connectivity index (χ1v) is 8.49. The lowest BCUT2D eigenvalue weighted by Gasteiger charge is -2.15. The molecule has 0 aliphatic rings. The van der Waals surface area contributed by atoms with Gasteiger partial charge in [0.05, 0.1) is 12.8 Å². The minimum Gasteiger partial charge on any atom is -0.493 e. The van der Waals surface area contributed by atoms with Gasteiger partial charge in [0.1, 0.15) is 24.1 Å². The summed E-state index contributed by atoms with van der Waals surface area (Å²) in [6.45, 7) is 0.292. The molecule has 140 valence electrons. The van der Waals surface area contributed by atoms with E-state index >= 15 is 0 Å². The van der Waals surface area contributed by atoms with Crippen molar-refractivity contribution in [3.8, 4) is 28.8 Å². The van der Waals surface area contributed by atoms with Gasteiger partial charge in [-0.3, -0.25) is 0 Å². The molecule has 7 nitrogen and oxygen atoms in total. The first-order chi connectivity index (χ1) is 13.6. The van der Waals surface area contributed by atoms with Crippen LogP contribution >= 0.6 is 0 Å². The van der Waals surface area contributed by atoms with Crippen LogP contribution in [0, 0.1) is 11.3 Å². The lowest BCUT2D eigenvalue weighted by Crippen LogP contribution is -2.06. The molecule has 0 bridgehead atoms. The largest absolute Gasteiger partial charge is 0.493 e. The number of hydrogen-bond acceptors (Lipinski definition) is 7. The highest BCUT2D eigenvalue weighted by Gasteiger charge is 2.19. The number of nitrogen functional groups attached to an aromatic ring is 2. The fourth-order valence-corrected chi connectivity index (χ4v) is 2.69. The van der Waals surface area contributed by atoms with E-state index in [9.17, 15) is 5.26 Å². The Morgan fingerprint density at radius 2 is 1.86 bits per heavy atom. The average molecular weight is 373 g/mol. The Labute approximate surface area is 162 Å². The third kappa shape index (κ3) is 4.02. The van der Waals surface area contributed by atoms with Crippen LogP contribution in [-0.2, 0) is 0 Å². The standard InChI is InChI=1S/C21H19N5O2/c1-27-17-11-5-10-15(18-16(13-22)20(23)26-21(24)25-18)19(17)28-12-6-9-14-7-3-2-4-8-14/h2-11H,12H2,1H3,(H4,23,24,25,26). The van der Waals surface area contributed by atoms with Gasteiger partial charge in [-0.2, -0.15) is 10.2 Å². The van der Waals surface area contributed by atoms with Crippen LogP contribution in [0.1, 0.15) is 11.1 Å². The number of benzene rings is 2. The second-order valence-electron chi connectivity index (χ2n) is 5.76. The van der Waals surface area contributed by atoms with Gasteiger partial charge in [-0.15, -0.1) is 0 Å². The molecule has 4 N–H and O–H groups in total. The first kappa shape index (κ1) is 18.7. The van der Waals surface area contributed by atoms with E-state index in [-0.39, 0.29) is 17.3 Å². The molecule has 0 saturated carbocycles. The fourth-order valence-electron chi connectivity index (χ4n) is 2.69. The highest BCUT2D eigenvalue weighted by molar-refractivity contribution is 5.79. The number of nitrogens with zero attached hydrogens (tertiary/aromatic N) is 3. The third-order valence-electron chi connectivity index (χ3n) is 3.95. The van der Waals surface area contributed by atoms with E-state index in [1.54, 1.807) is 25.3 Å². The number of para-hydroxylation sites is 1. The van der Waals surface area contributed by atoms with Gasteiger partial charge >= 0.3 is 0 Å². The van der Waals surface area contributed by atoms with Gasteiger partial charge in [0.15, 0.2) is 11.5 Å². The summed E-state index contributed by atoms with van der Waals surface area (Å²) in [6, 6.07) is 17.2. The van der Waals surface area contributed by atoms with E-state index in [1.165, 1.54) is 0 Å². The topological polar surface area (TPSA) is 120 Å². The van der Waals surface area contributed by atoms with Crippen molar-refractivity contribution in [1.82, 2.24) is 9.97 Å². The molecule has 0 amide bonds. The zero-order valence-electron chi connectivity index (χ0n) is 15.3. The number of hydrogen-bond donors (Lipinski definition) is 2. The molecule has 0 spiro atoms. The number of aromatic nitrogens is 2. The van der Waals surface area contributed by atoms with Crippen molar-refractivity contribution in [3.63, 3.8) is 0 Å². The molecule has 1 aromatic heterocycles. The number of methoxy groups -OCH3 is 1. The summed E-state index contributed by atoms with van der Waals surface area (Å²) < 4.78 is 11.4. The molecular formula is C21H19N5O2. The van der Waals surface area contributed by atoms with Gasteiger partial charge in [0, 0.05) is 5.56 Å². The van der Waals surface area contributed by atoms with Crippen LogP contribution in [0.4, 0.5) is 11.8 Å². The number of rotatable bonds is 6. The summed E-state index contributed by atoms with van der Waals surface area (Å²) in [5.41, 5.74) is 13.6. The highest BCUT2D eigenvalue weighted by Crippen LogP contribution is 2.39. The van der Waals surface area contributed by atoms with Gasteiger partial charge in [-0.05, 0) is 23.8 Å². The summed E-state index contributed by atoms with van der Waals surface area (Å²) in [6.07, 6.45) is 3.84. The minimum absolute atomic E-state index is 0.0164. The van der Waals surface area contributed by atoms with Gasteiger partial charge in [0.25, 0.3) is 0 Å². The number of nitriles is 1. The van der Waals surface area contributed by atoms with Gasteiger partial charge in [-0.1, -0.05) is 42.5 Å². The Balaban J connectivity index is 1.96. The molecule has 0 atom stereocenters. The molecule has 1 heterocycles. The van der Waals surface area contributed by atoms with Crippen molar-refractivity contribution in [2.45, 2.75) is 0 Å². The molecule has 0 saturated heterocycles. The average Bonchev–Trinajstić information content (AvgIpc) is 2.71. The van der Waals surface area contributed by atoms with Crippen molar-refractivity contribution in [2.75, 3.05) is 25.2 Å². The normalized spacial score (nSPS) is 10.6. The smallest absolute Gasteiger partial charge is 0.222 e. The predicted octanol–water partition coefficient (Wildman–Crippen LogP) is 3.28. The number of nitrogens with two attached hydrogens (primary N) is 2. The van der Waals surface area contributed by atoms with Crippen molar-refractivity contribution >= 4 is 17.8 Å². The van der Waals surface area contributed by atoms with Crippen LogP contribution in [0.2, 0.25) is 0 Å². The lowest BCUT2D eigenvalue weighted by atomic mass is 10.1. The molecule has 0 radical (unpaired) electrons. The number of ether oxygens (including phenoxy) is 2. The maximum Gasteiger partial charge on any atom is 0.222 e. The van der Waals surface area contributed by atoms with Crippen molar-refractivity contribution in [2.24, 2.45) is 0 Å². The Kier molecular flexibility index (Phi) is 5.72. The summed E-state index contributed by atoms with van der Waals surface area (Å²) in [4.78, 5) is 8.05. The molecule has 0 aliphatic heterocycles. The van der Waals surface area contributed by atoms with E-state index in [2.05, 4.69) is 9.97 Å².